The van der Waals surface area contributed by atoms with Gasteiger partial charge in [-0.1, -0.05) is 18.2 Å². The molecule has 0 saturated carbocycles. The zero-order valence-corrected chi connectivity index (χ0v) is 25.4. The molecular formula is C34H37N7O3. The van der Waals surface area contributed by atoms with Crippen LogP contribution >= 0.6 is 0 Å². The number of aromatic nitrogens is 2. The molecule has 1 N–H and O–H groups in total. The number of amides is 2. The van der Waals surface area contributed by atoms with Gasteiger partial charge in [0.1, 0.15) is 11.2 Å². The molecule has 44 heavy (non-hydrogen) atoms. The van der Waals surface area contributed by atoms with Crippen LogP contribution in [0.25, 0.3) is 28.0 Å². The predicted octanol–water partition coefficient (Wildman–Crippen LogP) is 4.64. The summed E-state index contributed by atoms with van der Waals surface area (Å²) >= 11 is 0. The zero-order chi connectivity index (χ0) is 30.8. The molecule has 0 bridgehead atoms. The average molecular weight is 592 g/mol. The van der Waals surface area contributed by atoms with Gasteiger partial charge in [-0.3, -0.25) is 9.20 Å². The van der Waals surface area contributed by atoms with Crippen molar-refractivity contribution in [3.63, 3.8) is 0 Å². The zero-order valence-electron chi connectivity index (χ0n) is 25.4. The van der Waals surface area contributed by atoms with Gasteiger partial charge in [-0.2, -0.15) is 5.26 Å². The number of hydrogen-bond acceptors (Lipinski definition) is 7. The van der Waals surface area contributed by atoms with E-state index in [1.807, 2.05) is 80.4 Å². The molecule has 0 atom stereocenters. The maximum atomic E-state index is 13.8. The molecule has 0 unspecified atom stereocenters. The first kappa shape index (κ1) is 29.2. The van der Waals surface area contributed by atoms with E-state index in [-0.39, 0.29) is 12.0 Å². The number of nitriles is 1. The topological polar surface area (TPSA) is 106 Å². The van der Waals surface area contributed by atoms with Crippen LogP contribution in [0.15, 0.2) is 67.0 Å². The van der Waals surface area contributed by atoms with E-state index in [9.17, 15) is 14.9 Å². The molecular weight excluding hydrogens is 554 g/mol. The number of anilines is 1. The second-order valence-corrected chi connectivity index (χ2v) is 12.2. The number of benzene rings is 2. The van der Waals surface area contributed by atoms with Crippen molar-refractivity contribution in [1.29, 1.82) is 5.26 Å². The van der Waals surface area contributed by atoms with Crippen LogP contribution < -0.4 is 10.2 Å². The first-order chi connectivity index (χ1) is 21.2. The van der Waals surface area contributed by atoms with Gasteiger partial charge >= 0.3 is 6.09 Å². The molecule has 4 aromatic rings. The van der Waals surface area contributed by atoms with Gasteiger partial charge in [-0.25, -0.2) is 9.78 Å². The average Bonchev–Trinajstić information content (AvgIpc) is 3.47. The van der Waals surface area contributed by atoms with E-state index in [0.717, 1.165) is 46.8 Å². The minimum absolute atomic E-state index is 0.0239. The number of ether oxygens (including phenoxy) is 1. The van der Waals surface area contributed by atoms with Gasteiger partial charge in [0.2, 0.25) is 0 Å². The molecule has 2 aromatic heterocycles. The highest BCUT2D eigenvalue weighted by Crippen LogP contribution is 2.32. The number of nitrogens with one attached hydrogen (secondary N) is 1. The third-order valence-electron chi connectivity index (χ3n) is 8.05. The maximum absolute atomic E-state index is 13.8. The molecule has 2 amide bonds. The quantitative estimate of drug-likeness (QED) is 0.369. The number of carbonyl (C=O) groups is 2. The molecule has 4 heterocycles. The van der Waals surface area contributed by atoms with Crippen LogP contribution in [-0.4, -0.2) is 89.1 Å². The van der Waals surface area contributed by atoms with E-state index >= 15 is 0 Å². The highest BCUT2D eigenvalue weighted by atomic mass is 16.6. The van der Waals surface area contributed by atoms with Crippen LogP contribution in [0.3, 0.4) is 0 Å². The minimum Gasteiger partial charge on any atom is -0.444 e. The third kappa shape index (κ3) is 6.10. The fourth-order valence-electron chi connectivity index (χ4n) is 5.73. The Morgan fingerprint density at radius 3 is 2.23 bits per heavy atom. The molecule has 2 aromatic carbocycles. The number of rotatable bonds is 4. The maximum Gasteiger partial charge on any atom is 0.410 e. The van der Waals surface area contributed by atoms with E-state index in [1.54, 1.807) is 4.90 Å². The Hall–Kier alpha value is -4.88. The number of fused-ring (bicyclic) bond motifs is 1. The number of nitrogens with zero attached hydrogens (tertiary/aromatic N) is 6. The number of carbonyl (C=O) groups excluding carboxylic acids is 2. The van der Waals surface area contributed by atoms with E-state index in [4.69, 9.17) is 4.74 Å². The van der Waals surface area contributed by atoms with E-state index in [0.29, 0.717) is 50.4 Å². The van der Waals surface area contributed by atoms with Gasteiger partial charge in [0, 0.05) is 64.1 Å². The molecule has 10 nitrogen and oxygen atoms in total. The lowest BCUT2D eigenvalue weighted by Gasteiger charge is -2.38. The van der Waals surface area contributed by atoms with Crippen molar-refractivity contribution in [1.82, 2.24) is 24.5 Å². The second-order valence-electron chi connectivity index (χ2n) is 12.2. The number of piperazine rings is 2. The van der Waals surface area contributed by atoms with E-state index < -0.39 is 5.60 Å². The summed E-state index contributed by atoms with van der Waals surface area (Å²) < 4.78 is 7.65. The Morgan fingerprint density at radius 1 is 0.864 bits per heavy atom. The van der Waals surface area contributed by atoms with Crippen molar-refractivity contribution >= 4 is 23.3 Å². The fraction of sp³-hybridized carbons (Fsp3) is 0.353. The Bertz CT molecular complexity index is 1720. The van der Waals surface area contributed by atoms with Crippen molar-refractivity contribution < 1.29 is 14.3 Å². The SMILES string of the molecule is CC(C)(C)OC(=O)N1CCN(c2cc(-c3ccc4ncc(-c5ccc(C#N)cc5)n4c3)ccc2C(=O)N2CCNCC2)CC1. The van der Waals surface area contributed by atoms with Crippen molar-refractivity contribution in [3.8, 4) is 28.5 Å². The lowest BCUT2D eigenvalue weighted by atomic mass is 10.0. The highest BCUT2D eigenvalue weighted by Gasteiger charge is 2.29. The van der Waals surface area contributed by atoms with Gasteiger partial charge in [0.15, 0.2) is 0 Å². The fourth-order valence-corrected chi connectivity index (χ4v) is 5.73. The van der Waals surface area contributed by atoms with Crippen LogP contribution in [0.5, 0.6) is 0 Å². The summed E-state index contributed by atoms with van der Waals surface area (Å²) in [5, 5.41) is 12.5. The van der Waals surface area contributed by atoms with Crippen molar-refractivity contribution in [2.75, 3.05) is 57.3 Å². The molecule has 6 rings (SSSR count). The van der Waals surface area contributed by atoms with Gasteiger partial charge in [-0.15, -0.1) is 0 Å². The molecule has 2 saturated heterocycles. The van der Waals surface area contributed by atoms with Crippen LogP contribution in [0.4, 0.5) is 10.5 Å². The summed E-state index contributed by atoms with van der Waals surface area (Å²) in [6.07, 6.45) is 3.59. The molecule has 2 aliphatic rings. The standard InChI is InChI=1S/C34H37N7O3/c1-34(2,3)44-33(43)40-18-16-38(17-19-40)29-20-26(8-10-28(29)32(42)39-14-12-36-13-15-39)27-9-11-31-37-22-30(41(31)23-27)25-6-4-24(21-35)5-7-25/h4-11,20,22-23,36H,12-19H2,1-3H3. The van der Waals surface area contributed by atoms with Crippen LogP contribution in [0.1, 0.15) is 36.7 Å². The molecule has 0 radical (unpaired) electrons. The largest absolute Gasteiger partial charge is 0.444 e. The first-order valence-corrected chi connectivity index (χ1v) is 15.1. The summed E-state index contributed by atoms with van der Waals surface area (Å²) in [5.74, 6) is 0.0239. The van der Waals surface area contributed by atoms with Gasteiger partial charge in [-0.05, 0) is 68.3 Å². The van der Waals surface area contributed by atoms with Crippen molar-refractivity contribution in [3.05, 3.63) is 78.1 Å². The molecule has 10 heteroatoms. The number of hydrogen-bond donors (Lipinski definition) is 1. The van der Waals surface area contributed by atoms with Crippen LogP contribution in [0.2, 0.25) is 0 Å². The summed E-state index contributed by atoms with van der Waals surface area (Å²) in [7, 11) is 0. The smallest absolute Gasteiger partial charge is 0.410 e. The monoisotopic (exact) mass is 591 g/mol. The number of pyridine rings is 1. The molecule has 2 fully saturated rings. The molecule has 0 spiro atoms. The minimum atomic E-state index is -0.554. The van der Waals surface area contributed by atoms with Crippen molar-refractivity contribution in [2.45, 2.75) is 26.4 Å². The Morgan fingerprint density at radius 2 is 1.55 bits per heavy atom. The molecule has 226 valence electrons. The Balaban J connectivity index is 1.33. The summed E-state index contributed by atoms with van der Waals surface area (Å²) in [5.41, 5.74) is 6.27. The second kappa shape index (κ2) is 12.0. The van der Waals surface area contributed by atoms with E-state index in [1.165, 1.54) is 0 Å². The lowest BCUT2D eigenvalue weighted by molar-refractivity contribution is 0.0240. The highest BCUT2D eigenvalue weighted by molar-refractivity contribution is 6.01. The number of imidazole rings is 1. The van der Waals surface area contributed by atoms with Gasteiger partial charge in [0.05, 0.1) is 34.8 Å². The predicted molar refractivity (Wildman–Crippen MR) is 170 cm³/mol. The van der Waals surface area contributed by atoms with Crippen molar-refractivity contribution in [2.24, 2.45) is 0 Å². The molecule has 0 aliphatic carbocycles. The van der Waals surface area contributed by atoms with E-state index in [2.05, 4.69) is 37.9 Å². The third-order valence-corrected chi connectivity index (χ3v) is 8.05. The summed E-state index contributed by atoms with van der Waals surface area (Å²) in [6.45, 7) is 10.7. The summed E-state index contributed by atoms with van der Waals surface area (Å²) in [4.78, 5) is 36.9. The van der Waals surface area contributed by atoms with Crippen LogP contribution in [-0.2, 0) is 4.74 Å². The Labute approximate surface area is 257 Å². The van der Waals surface area contributed by atoms with Crippen LogP contribution in [0, 0.1) is 11.3 Å². The van der Waals surface area contributed by atoms with Gasteiger partial charge in [0.25, 0.3) is 5.91 Å². The normalized spacial score (nSPS) is 15.7. The first-order valence-electron chi connectivity index (χ1n) is 15.1. The van der Waals surface area contributed by atoms with Gasteiger partial charge < -0.3 is 24.8 Å². The summed E-state index contributed by atoms with van der Waals surface area (Å²) in [6, 6.07) is 19.7. The molecule has 2 aliphatic heterocycles. The lowest BCUT2D eigenvalue weighted by Crippen LogP contribution is -2.51. The Kier molecular flexibility index (Phi) is 7.97.